The lowest BCUT2D eigenvalue weighted by Crippen LogP contribution is -2.52. The van der Waals surface area contributed by atoms with Crippen LogP contribution in [0.3, 0.4) is 0 Å². The van der Waals surface area contributed by atoms with Gasteiger partial charge in [0, 0.05) is 38.3 Å². The van der Waals surface area contributed by atoms with Crippen LogP contribution in [0, 0.1) is 5.92 Å². The van der Waals surface area contributed by atoms with Gasteiger partial charge in [0.1, 0.15) is 17.0 Å². The van der Waals surface area contributed by atoms with Gasteiger partial charge in [-0.15, -0.1) is 23.7 Å². The fourth-order valence-corrected chi connectivity index (χ4v) is 5.94. The van der Waals surface area contributed by atoms with Crippen molar-refractivity contribution in [2.75, 3.05) is 25.0 Å². The first-order chi connectivity index (χ1) is 13.2. The summed E-state index contributed by atoms with van der Waals surface area (Å²) in [6, 6.07) is 3.71. The third-order valence-corrected chi connectivity index (χ3v) is 7.48. The SMILES string of the molecule is CN(C(=O)C1CCCN(c2ncnc3sccc23)C1)C1CC2CCC(C1)N2.Cl. The Morgan fingerprint density at radius 2 is 2.04 bits per heavy atom. The van der Waals surface area contributed by atoms with E-state index in [9.17, 15) is 4.79 Å². The molecule has 3 aliphatic rings. The van der Waals surface area contributed by atoms with Gasteiger partial charge in [0.2, 0.25) is 5.91 Å². The van der Waals surface area contributed by atoms with Gasteiger partial charge in [-0.2, -0.15) is 0 Å². The topological polar surface area (TPSA) is 61.4 Å². The smallest absolute Gasteiger partial charge is 0.227 e. The lowest BCUT2D eigenvalue weighted by molar-refractivity contribution is -0.137. The number of amides is 1. The van der Waals surface area contributed by atoms with Crippen molar-refractivity contribution in [2.24, 2.45) is 5.92 Å². The summed E-state index contributed by atoms with van der Waals surface area (Å²) in [4.78, 5) is 27.6. The molecular weight excluding hydrogens is 394 g/mol. The average Bonchev–Trinajstić information content (AvgIpc) is 3.32. The summed E-state index contributed by atoms with van der Waals surface area (Å²) in [5.74, 6) is 1.38. The van der Waals surface area contributed by atoms with E-state index >= 15 is 0 Å². The van der Waals surface area contributed by atoms with Gasteiger partial charge in [0.05, 0.1) is 11.3 Å². The minimum Gasteiger partial charge on any atom is -0.355 e. The fraction of sp³-hybridized carbons (Fsp3) is 0.650. The van der Waals surface area contributed by atoms with Gasteiger partial charge in [0.15, 0.2) is 0 Å². The highest BCUT2D eigenvalue weighted by Crippen LogP contribution is 2.33. The number of hydrogen-bond acceptors (Lipinski definition) is 6. The van der Waals surface area contributed by atoms with Crippen molar-refractivity contribution in [3.8, 4) is 0 Å². The molecule has 152 valence electrons. The van der Waals surface area contributed by atoms with E-state index < -0.39 is 0 Å². The second kappa shape index (κ2) is 8.13. The van der Waals surface area contributed by atoms with E-state index in [4.69, 9.17) is 0 Å². The van der Waals surface area contributed by atoms with Crippen LogP contribution in [0.25, 0.3) is 10.2 Å². The Labute approximate surface area is 176 Å². The van der Waals surface area contributed by atoms with Crippen molar-refractivity contribution < 1.29 is 4.79 Å². The first-order valence-electron chi connectivity index (χ1n) is 10.1. The number of halogens is 1. The molecule has 1 amide bonds. The zero-order valence-corrected chi connectivity index (χ0v) is 17.8. The van der Waals surface area contributed by atoms with Crippen molar-refractivity contribution in [2.45, 2.75) is 56.7 Å². The zero-order valence-electron chi connectivity index (χ0n) is 16.2. The quantitative estimate of drug-likeness (QED) is 0.825. The van der Waals surface area contributed by atoms with Gasteiger partial charge in [-0.25, -0.2) is 9.97 Å². The van der Waals surface area contributed by atoms with Crippen molar-refractivity contribution in [1.82, 2.24) is 20.2 Å². The maximum atomic E-state index is 13.3. The van der Waals surface area contributed by atoms with Gasteiger partial charge in [-0.05, 0) is 50.0 Å². The highest BCUT2D eigenvalue weighted by Gasteiger charge is 2.38. The molecule has 2 bridgehead atoms. The number of nitrogens with zero attached hydrogens (tertiary/aromatic N) is 4. The number of nitrogens with one attached hydrogen (secondary N) is 1. The lowest BCUT2D eigenvalue weighted by Gasteiger charge is -2.39. The first kappa shape index (κ1) is 19.9. The van der Waals surface area contributed by atoms with E-state index in [2.05, 4.69) is 36.5 Å². The number of thiophene rings is 1. The summed E-state index contributed by atoms with van der Waals surface area (Å²) in [7, 11) is 2.03. The number of fused-ring (bicyclic) bond motifs is 3. The van der Waals surface area contributed by atoms with Crippen LogP contribution in [-0.2, 0) is 4.79 Å². The first-order valence-corrected chi connectivity index (χ1v) is 11.0. The molecule has 0 aliphatic carbocycles. The predicted molar refractivity (Wildman–Crippen MR) is 115 cm³/mol. The average molecular weight is 422 g/mol. The number of carbonyl (C=O) groups is 1. The van der Waals surface area contributed by atoms with Crippen LogP contribution in [-0.4, -0.2) is 59.0 Å². The van der Waals surface area contributed by atoms with Crippen LogP contribution in [0.4, 0.5) is 5.82 Å². The van der Waals surface area contributed by atoms with Crippen LogP contribution < -0.4 is 10.2 Å². The largest absolute Gasteiger partial charge is 0.355 e. The molecule has 3 saturated heterocycles. The van der Waals surface area contributed by atoms with Crippen molar-refractivity contribution in [3.63, 3.8) is 0 Å². The van der Waals surface area contributed by atoms with E-state index in [1.165, 1.54) is 12.8 Å². The Bertz CT molecular complexity index is 833. The van der Waals surface area contributed by atoms with Crippen molar-refractivity contribution >= 4 is 45.7 Å². The molecule has 8 heteroatoms. The predicted octanol–water partition coefficient (Wildman–Crippen LogP) is 3.07. The third-order valence-electron chi connectivity index (χ3n) is 6.65. The molecule has 1 N–H and O–H groups in total. The second-order valence-corrected chi connectivity index (χ2v) is 9.23. The summed E-state index contributed by atoms with van der Waals surface area (Å²) in [6.07, 6.45) is 8.42. The molecule has 0 radical (unpaired) electrons. The lowest BCUT2D eigenvalue weighted by atomic mass is 9.93. The Balaban J connectivity index is 0.00000192. The summed E-state index contributed by atoms with van der Waals surface area (Å²) in [6.45, 7) is 1.73. The van der Waals surface area contributed by atoms with Crippen LogP contribution >= 0.6 is 23.7 Å². The summed E-state index contributed by atoms with van der Waals surface area (Å²) in [5, 5.41) is 6.85. The number of carbonyl (C=O) groups excluding carboxylic acids is 1. The molecule has 0 saturated carbocycles. The van der Waals surface area contributed by atoms with Gasteiger partial charge in [-0.3, -0.25) is 4.79 Å². The molecule has 3 atom stereocenters. The third kappa shape index (κ3) is 3.60. The van der Waals surface area contributed by atoms with E-state index in [0.29, 0.717) is 24.0 Å². The molecular formula is C20H28ClN5OS. The van der Waals surface area contributed by atoms with Crippen LogP contribution in [0.5, 0.6) is 0 Å². The minimum absolute atomic E-state index is 0. The Kier molecular flexibility index (Phi) is 5.76. The Morgan fingerprint density at radius 3 is 2.82 bits per heavy atom. The number of anilines is 1. The summed E-state index contributed by atoms with van der Waals surface area (Å²) >= 11 is 1.64. The van der Waals surface area contributed by atoms with Crippen LogP contribution in [0.1, 0.15) is 38.5 Å². The maximum absolute atomic E-state index is 13.3. The number of piperidine rings is 2. The second-order valence-electron chi connectivity index (χ2n) is 8.33. The van der Waals surface area contributed by atoms with E-state index in [1.807, 2.05) is 7.05 Å². The molecule has 5 rings (SSSR count). The molecule has 0 spiro atoms. The molecule has 6 nitrogen and oxygen atoms in total. The normalized spacial score (nSPS) is 29.5. The van der Waals surface area contributed by atoms with Gasteiger partial charge >= 0.3 is 0 Å². The maximum Gasteiger partial charge on any atom is 0.227 e. The zero-order chi connectivity index (χ0) is 18.4. The number of aromatic nitrogens is 2. The van der Waals surface area contributed by atoms with Crippen molar-refractivity contribution in [1.29, 1.82) is 0 Å². The number of rotatable bonds is 3. The van der Waals surface area contributed by atoms with E-state index in [0.717, 1.165) is 54.8 Å². The molecule has 3 aliphatic heterocycles. The molecule has 3 unspecified atom stereocenters. The molecule has 3 fully saturated rings. The summed E-state index contributed by atoms with van der Waals surface area (Å²) in [5.41, 5.74) is 0. The molecule has 5 heterocycles. The van der Waals surface area contributed by atoms with Gasteiger partial charge in [0.25, 0.3) is 0 Å². The Hall–Kier alpha value is -1.44. The number of hydrogen-bond donors (Lipinski definition) is 1. The van der Waals surface area contributed by atoms with Gasteiger partial charge in [-0.1, -0.05) is 0 Å². The monoisotopic (exact) mass is 421 g/mol. The molecule has 2 aromatic rings. The Morgan fingerprint density at radius 1 is 1.25 bits per heavy atom. The van der Waals surface area contributed by atoms with Crippen molar-refractivity contribution in [3.05, 3.63) is 17.8 Å². The van der Waals surface area contributed by atoms with Gasteiger partial charge < -0.3 is 15.1 Å². The highest BCUT2D eigenvalue weighted by molar-refractivity contribution is 7.16. The van der Waals surface area contributed by atoms with E-state index in [1.54, 1.807) is 17.7 Å². The fourth-order valence-electron chi connectivity index (χ4n) is 5.21. The molecule has 0 aromatic carbocycles. The van der Waals surface area contributed by atoms with Crippen LogP contribution in [0.2, 0.25) is 0 Å². The molecule has 28 heavy (non-hydrogen) atoms. The standard InChI is InChI=1S/C20H27N5OS.ClH/c1-24(16-9-14-4-5-15(10-16)23-14)20(26)13-3-2-7-25(11-13)18-17-6-8-27-19(17)22-12-21-18;/h6,8,12-16,23H,2-5,7,9-11H2,1H3;1H. The minimum atomic E-state index is 0. The summed E-state index contributed by atoms with van der Waals surface area (Å²) < 4.78 is 0. The van der Waals surface area contributed by atoms with Crippen LogP contribution in [0.15, 0.2) is 17.8 Å². The highest BCUT2D eigenvalue weighted by atomic mass is 35.5. The van der Waals surface area contributed by atoms with E-state index in [-0.39, 0.29) is 18.3 Å². The molecule has 2 aromatic heterocycles.